The van der Waals surface area contributed by atoms with Crippen LogP contribution in [-0.4, -0.2) is 49.7 Å². The van der Waals surface area contributed by atoms with Crippen LogP contribution in [0.2, 0.25) is 0 Å². The van der Waals surface area contributed by atoms with Gasteiger partial charge in [-0.15, -0.1) is 0 Å². The van der Waals surface area contributed by atoms with Gasteiger partial charge in [-0.2, -0.15) is 0 Å². The van der Waals surface area contributed by atoms with E-state index >= 15 is 0 Å². The van der Waals surface area contributed by atoms with Crippen LogP contribution in [0.1, 0.15) is 33.1 Å². The van der Waals surface area contributed by atoms with Gasteiger partial charge in [0, 0.05) is 26.2 Å². The molecule has 1 aliphatic rings. The molecule has 4 heteroatoms. The van der Waals surface area contributed by atoms with Gasteiger partial charge >= 0.3 is 0 Å². The maximum absolute atomic E-state index is 12.1. The second kappa shape index (κ2) is 5.64. The summed E-state index contributed by atoms with van der Waals surface area (Å²) in [5.41, 5.74) is -0.357. The van der Waals surface area contributed by atoms with E-state index in [-0.39, 0.29) is 11.5 Å². The first kappa shape index (κ1) is 13.5. The molecule has 1 unspecified atom stereocenters. The largest absolute Gasteiger partial charge is 0.378 e. The number of nitrogens with zero attached hydrogens (tertiary/aromatic N) is 1. The third kappa shape index (κ3) is 3.76. The molecule has 1 heterocycles. The van der Waals surface area contributed by atoms with Crippen LogP contribution < -0.4 is 5.32 Å². The summed E-state index contributed by atoms with van der Waals surface area (Å²) in [6.07, 6.45) is 2.71. The molecule has 1 atom stereocenters. The van der Waals surface area contributed by atoms with E-state index in [0.717, 1.165) is 25.9 Å². The molecule has 1 rings (SSSR count). The lowest BCUT2D eigenvalue weighted by atomic mass is 10.0. The van der Waals surface area contributed by atoms with E-state index in [1.807, 2.05) is 25.8 Å². The lowest BCUT2D eigenvalue weighted by molar-refractivity contribution is -0.137. The molecule has 0 aliphatic carbocycles. The average molecular weight is 228 g/mol. The molecule has 0 aromatic carbocycles. The zero-order chi connectivity index (χ0) is 12.2. The number of likely N-dealkylation sites (tertiary alicyclic amines) is 1. The molecule has 1 saturated heterocycles. The summed E-state index contributed by atoms with van der Waals surface area (Å²) >= 11 is 0. The van der Waals surface area contributed by atoms with Crippen molar-refractivity contribution in [2.45, 2.75) is 44.8 Å². The maximum atomic E-state index is 12.1. The molecule has 1 fully saturated rings. The Kier molecular flexibility index (Phi) is 4.74. The van der Waals surface area contributed by atoms with Crippen molar-refractivity contribution in [2.24, 2.45) is 0 Å². The Morgan fingerprint density at radius 1 is 1.56 bits per heavy atom. The molecule has 1 aliphatic heterocycles. The summed E-state index contributed by atoms with van der Waals surface area (Å²) in [4.78, 5) is 14.0. The van der Waals surface area contributed by atoms with Gasteiger partial charge in [-0.25, -0.2) is 0 Å². The number of methoxy groups -OCH3 is 1. The lowest BCUT2D eigenvalue weighted by Gasteiger charge is -2.34. The fourth-order valence-corrected chi connectivity index (χ4v) is 1.99. The zero-order valence-corrected chi connectivity index (χ0v) is 10.9. The molecular weight excluding hydrogens is 204 g/mol. The second-order valence-electron chi connectivity index (χ2n) is 5.11. The Morgan fingerprint density at radius 2 is 2.25 bits per heavy atom. The van der Waals surface area contributed by atoms with Crippen molar-refractivity contribution in [3.63, 3.8) is 0 Å². The van der Waals surface area contributed by atoms with Crippen LogP contribution in [0, 0.1) is 0 Å². The van der Waals surface area contributed by atoms with Crippen molar-refractivity contribution in [1.82, 2.24) is 10.2 Å². The summed E-state index contributed by atoms with van der Waals surface area (Å²) in [5, 5.41) is 3.24. The smallest absolute Gasteiger partial charge is 0.225 e. The molecule has 0 radical (unpaired) electrons. The van der Waals surface area contributed by atoms with Crippen LogP contribution in [0.4, 0.5) is 0 Å². The van der Waals surface area contributed by atoms with Gasteiger partial charge in [0.05, 0.1) is 12.0 Å². The molecule has 0 bridgehead atoms. The molecule has 16 heavy (non-hydrogen) atoms. The second-order valence-corrected chi connectivity index (χ2v) is 5.11. The standard InChI is InChI=1S/C12H24N2O2/c1-12(2,16-4)8-11(15)14-7-5-6-10(9-14)13-3/h10,13H,5-9H2,1-4H3. The molecule has 4 nitrogen and oxygen atoms in total. The van der Waals surface area contributed by atoms with Crippen LogP contribution in [0.15, 0.2) is 0 Å². The number of hydrogen-bond acceptors (Lipinski definition) is 3. The number of nitrogens with one attached hydrogen (secondary N) is 1. The minimum atomic E-state index is -0.357. The van der Waals surface area contributed by atoms with Gasteiger partial charge in [-0.05, 0) is 33.7 Å². The summed E-state index contributed by atoms with van der Waals surface area (Å²) in [7, 11) is 3.61. The molecule has 1 N–H and O–H groups in total. The van der Waals surface area contributed by atoms with Crippen molar-refractivity contribution in [3.05, 3.63) is 0 Å². The van der Waals surface area contributed by atoms with Crippen LogP contribution >= 0.6 is 0 Å². The highest BCUT2D eigenvalue weighted by atomic mass is 16.5. The summed E-state index contributed by atoms with van der Waals surface area (Å²) < 4.78 is 5.29. The van der Waals surface area contributed by atoms with Gasteiger partial charge in [-0.3, -0.25) is 4.79 Å². The van der Waals surface area contributed by atoms with E-state index in [2.05, 4.69) is 5.32 Å². The van der Waals surface area contributed by atoms with Gasteiger partial charge in [0.25, 0.3) is 0 Å². The fraction of sp³-hybridized carbons (Fsp3) is 0.917. The van der Waals surface area contributed by atoms with E-state index < -0.39 is 0 Å². The number of carbonyl (C=O) groups is 1. The Bertz CT molecular complexity index is 241. The first-order chi connectivity index (χ1) is 7.48. The van der Waals surface area contributed by atoms with Crippen LogP contribution in [0.25, 0.3) is 0 Å². The van der Waals surface area contributed by atoms with E-state index in [9.17, 15) is 4.79 Å². The van der Waals surface area contributed by atoms with Crippen molar-refractivity contribution in [1.29, 1.82) is 0 Å². The first-order valence-corrected chi connectivity index (χ1v) is 5.98. The van der Waals surface area contributed by atoms with Crippen molar-refractivity contribution < 1.29 is 9.53 Å². The third-order valence-electron chi connectivity index (χ3n) is 3.31. The van der Waals surface area contributed by atoms with E-state index in [4.69, 9.17) is 4.74 Å². The van der Waals surface area contributed by atoms with E-state index in [1.54, 1.807) is 7.11 Å². The van der Waals surface area contributed by atoms with E-state index in [0.29, 0.717) is 12.5 Å². The highest BCUT2D eigenvalue weighted by Crippen LogP contribution is 2.17. The minimum absolute atomic E-state index is 0.201. The Hall–Kier alpha value is -0.610. The van der Waals surface area contributed by atoms with Gasteiger partial charge in [0.1, 0.15) is 0 Å². The summed E-state index contributed by atoms with van der Waals surface area (Å²) in [6, 6.07) is 0.448. The zero-order valence-electron chi connectivity index (χ0n) is 10.9. The molecular formula is C12H24N2O2. The molecule has 0 aromatic rings. The molecule has 1 amide bonds. The van der Waals surface area contributed by atoms with Gasteiger partial charge in [0.2, 0.25) is 5.91 Å². The monoisotopic (exact) mass is 228 g/mol. The number of rotatable bonds is 4. The number of amides is 1. The topological polar surface area (TPSA) is 41.6 Å². The minimum Gasteiger partial charge on any atom is -0.378 e. The predicted molar refractivity (Wildman–Crippen MR) is 64.4 cm³/mol. The van der Waals surface area contributed by atoms with Crippen molar-refractivity contribution in [3.8, 4) is 0 Å². The summed E-state index contributed by atoms with van der Waals surface area (Å²) in [6.45, 7) is 5.61. The molecule has 0 saturated carbocycles. The van der Waals surface area contributed by atoms with Crippen molar-refractivity contribution >= 4 is 5.91 Å². The van der Waals surface area contributed by atoms with Gasteiger partial charge in [0.15, 0.2) is 0 Å². The number of carbonyl (C=O) groups excluding carboxylic acids is 1. The molecule has 0 spiro atoms. The first-order valence-electron chi connectivity index (χ1n) is 5.98. The van der Waals surface area contributed by atoms with Crippen molar-refractivity contribution in [2.75, 3.05) is 27.2 Å². The average Bonchev–Trinajstić information content (AvgIpc) is 2.28. The Labute approximate surface area is 98.3 Å². The number of hydrogen-bond donors (Lipinski definition) is 1. The highest BCUT2D eigenvalue weighted by molar-refractivity contribution is 5.77. The van der Waals surface area contributed by atoms with Gasteiger partial charge in [-0.1, -0.05) is 0 Å². The third-order valence-corrected chi connectivity index (χ3v) is 3.31. The Balaban J connectivity index is 2.47. The summed E-state index contributed by atoms with van der Waals surface area (Å²) in [5.74, 6) is 0.201. The van der Waals surface area contributed by atoms with Crippen LogP contribution in [-0.2, 0) is 9.53 Å². The number of ether oxygens (including phenoxy) is 1. The Morgan fingerprint density at radius 3 is 2.81 bits per heavy atom. The lowest BCUT2D eigenvalue weighted by Crippen LogP contribution is -2.48. The maximum Gasteiger partial charge on any atom is 0.225 e. The van der Waals surface area contributed by atoms with Crippen LogP contribution in [0.5, 0.6) is 0 Å². The molecule has 0 aromatic heterocycles. The fourth-order valence-electron chi connectivity index (χ4n) is 1.99. The molecule has 94 valence electrons. The van der Waals surface area contributed by atoms with E-state index in [1.165, 1.54) is 0 Å². The van der Waals surface area contributed by atoms with Gasteiger partial charge < -0.3 is 15.0 Å². The predicted octanol–water partition coefficient (Wildman–Crippen LogP) is 1.01. The highest BCUT2D eigenvalue weighted by Gasteiger charge is 2.27. The quantitative estimate of drug-likeness (QED) is 0.781. The SMILES string of the molecule is CNC1CCCN(C(=O)CC(C)(C)OC)C1. The number of likely N-dealkylation sites (N-methyl/N-ethyl adjacent to an activating group) is 1. The van der Waals surface area contributed by atoms with Crippen LogP contribution in [0.3, 0.4) is 0 Å². The number of piperidine rings is 1. The normalized spacial score (nSPS) is 22.2.